The van der Waals surface area contributed by atoms with Crippen molar-refractivity contribution in [2.45, 2.75) is 0 Å². The Bertz CT molecular complexity index is 906. The number of benzene rings is 1. The average molecular weight is 408 g/mol. The van der Waals surface area contributed by atoms with Crippen LogP contribution in [0.2, 0.25) is 0 Å². The first-order valence-corrected chi connectivity index (χ1v) is 6.95. The molecule has 22 heavy (non-hydrogen) atoms. The Morgan fingerprint density at radius 2 is 1.95 bits per heavy atom. The summed E-state index contributed by atoms with van der Waals surface area (Å²) in [6.07, 6.45) is 0. The zero-order valence-electron chi connectivity index (χ0n) is 11.3. The van der Waals surface area contributed by atoms with Crippen molar-refractivity contribution in [3.05, 3.63) is 37.2 Å². The molecule has 7 nitrogen and oxygen atoms in total. The minimum absolute atomic E-state index is 0.0142. The Hall–Kier alpha value is -2.72. The smallest absolute Gasteiger partial charge is 0.268 e. The van der Waals surface area contributed by atoms with E-state index in [1.165, 1.54) is 19.2 Å². The number of H-pyrrole nitrogens is 1. The minimum Gasteiger partial charge on any atom is -0.504 e. The van der Waals surface area contributed by atoms with Gasteiger partial charge in [0, 0.05) is 5.56 Å². The number of halogens is 1. The predicted molar refractivity (Wildman–Crippen MR) is 87.3 cm³/mol. The molecule has 0 saturated carbocycles. The van der Waals surface area contributed by atoms with Crippen molar-refractivity contribution in [2.75, 3.05) is 12.8 Å². The maximum Gasteiger partial charge on any atom is 0.268 e. The van der Waals surface area contributed by atoms with Gasteiger partial charge in [-0.05, 0) is 40.3 Å². The number of nitriles is 2. The van der Waals surface area contributed by atoms with Crippen LogP contribution in [0.25, 0.3) is 11.1 Å². The first-order chi connectivity index (χ1) is 10.4. The van der Waals surface area contributed by atoms with Crippen LogP contribution in [0.15, 0.2) is 16.9 Å². The number of aromatic nitrogens is 1. The quantitative estimate of drug-likeness (QED) is 0.647. The molecule has 2 aromatic rings. The molecule has 0 radical (unpaired) electrons. The summed E-state index contributed by atoms with van der Waals surface area (Å²) in [6, 6.07) is 6.64. The molecule has 0 unspecified atom stereocenters. The van der Waals surface area contributed by atoms with Crippen LogP contribution in [0.3, 0.4) is 0 Å². The molecule has 0 fully saturated rings. The normalized spacial score (nSPS) is 9.82. The Kier molecular flexibility index (Phi) is 4.24. The van der Waals surface area contributed by atoms with Gasteiger partial charge in [-0.2, -0.15) is 10.5 Å². The van der Waals surface area contributed by atoms with E-state index in [0.29, 0.717) is 9.13 Å². The molecular weight excluding hydrogens is 399 g/mol. The molecule has 0 aliphatic rings. The topological polar surface area (TPSA) is 136 Å². The van der Waals surface area contributed by atoms with Crippen LogP contribution >= 0.6 is 22.6 Å². The number of aromatic amines is 1. The zero-order valence-corrected chi connectivity index (χ0v) is 13.4. The lowest BCUT2D eigenvalue weighted by molar-refractivity contribution is 0.372. The Morgan fingerprint density at radius 3 is 2.50 bits per heavy atom. The van der Waals surface area contributed by atoms with Crippen LogP contribution in [0.4, 0.5) is 5.82 Å². The SMILES string of the molecule is COc1cc(-c2c(C#N)c(N)[nH]c(=O)c2C#N)cc(I)c1O. The number of methoxy groups -OCH3 is 1. The number of ether oxygens (including phenoxy) is 1. The molecule has 110 valence electrons. The lowest BCUT2D eigenvalue weighted by atomic mass is 9.96. The fraction of sp³-hybridized carbons (Fsp3) is 0.0714. The summed E-state index contributed by atoms with van der Waals surface area (Å²) < 4.78 is 5.50. The summed E-state index contributed by atoms with van der Waals surface area (Å²) in [4.78, 5) is 14.2. The van der Waals surface area contributed by atoms with Crippen LogP contribution < -0.4 is 16.0 Å². The second-order valence-electron chi connectivity index (χ2n) is 4.23. The van der Waals surface area contributed by atoms with E-state index in [0.717, 1.165) is 0 Å². The molecule has 4 N–H and O–H groups in total. The second-order valence-corrected chi connectivity index (χ2v) is 5.39. The molecule has 0 saturated heterocycles. The second kappa shape index (κ2) is 5.95. The summed E-state index contributed by atoms with van der Waals surface area (Å²) in [5.41, 5.74) is 5.23. The summed E-state index contributed by atoms with van der Waals surface area (Å²) in [7, 11) is 1.37. The minimum atomic E-state index is -0.684. The first kappa shape index (κ1) is 15.7. The zero-order chi connectivity index (χ0) is 16.4. The van der Waals surface area contributed by atoms with Crippen LogP contribution in [0, 0.1) is 26.2 Å². The van der Waals surface area contributed by atoms with Gasteiger partial charge in [-0.25, -0.2) is 0 Å². The highest BCUT2D eigenvalue weighted by Crippen LogP contribution is 2.38. The van der Waals surface area contributed by atoms with E-state index in [-0.39, 0.29) is 34.0 Å². The molecule has 0 bridgehead atoms. The van der Waals surface area contributed by atoms with Crippen LogP contribution in [-0.4, -0.2) is 17.2 Å². The maximum absolute atomic E-state index is 11.9. The third kappa shape index (κ3) is 2.44. The van der Waals surface area contributed by atoms with E-state index in [9.17, 15) is 20.4 Å². The van der Waals surface area contributed by atoms with Gasteiger partial charge in [0.1, 0.15) is 29.1 Å². The van der Waals surface area contributed by atoms with Gasteiger partial charge < -0.3 is 20.6 Å². The Morgan fingerprint density at radius 1 is 1.32 bits per heavy atom. The van der Waals surface area contributed by atoms with E-state index < -0.39 is 5.56 Å². The molecule has 0 spiro atoms. The third-order valence-electron chi connectivity index (χ3n) is 3.01. The van der Waals surface area contributed by atoms with Crippen molar-refractivity contribution >= 4 is 28.4 Å². The average Bonchev–Trinajstić information content (AvgIpc) is 2.49. The third-order valence-corrected chi connectivity index (χ3v) is 3.83. The van der Waals surface area contributed by atoms with Crippen LogP contribution in [-0.2, 0) is 0 Å². The molecule has 1 aromatic carbocycles. The number of phenols is 1. The number of aromatic hydroxyl groups is 1. The van der Waals surface area contributed by atoms with Gasteiger partial charge in [-0.15, -0.1) is 0 Å². The van der Waals surface area contributed by atoms with E-state index in [2.05, 4.69) is 4.98 Å². The highest BCUT2D eigenvalue weighted by molar-refractivity contribution is 14.1. The molecule has 0 amide bonds. The number of hydrogen-bond acceptors (Lipinski definition) is 6. The largest absolute Gasteiger partial charge is 0.504 e. The molecule has 2 rings (SSSR count). The predicted octanol–water partition coefficient (Wildman–Crippen LogP) is 1.69. The fourth-order valence-corrected chi connectivity index (χ4v) is 2.61. The summed E-state index contributed by atoms with van der Waals surface area (Å²) in [5, 5.41) is 28.4. The van der Waals surface area contributed by atoms with Gasteiger partial charge in [0.05, 0.1) is 10.7 Å². The Labute approximate surface area is 138 Å². The molecule has 0 atom stereocenters. The van der Waals surface area contributed by atoms with Crippen molar-refractivity contribution in [1.29, 1.82) is 10.5 Å². The Balaban J connectivity index is 2.95. The van der Waals surface area contributed by atoms with Crippen molar-refractivity contribution in [1.82, 2.24) is 4.98 Å². The van der Waals surface area contributed by atoms with Crippen molar-refractivity contribution < 1.29 is 9.84 Å². The van der Waals surface area contributed by atoms with E-state index in [4.69, 9.17) is 10.5 Å². The standard InChI is InChI=1S/C14H9IN4O3/c1-22-10-3-6(2-9(15)12(10)20)11-7(4-16)13(18)19-14(21)8(11)5-17/h2-3,20H,1H3,(H3,18,19,21). The summed E-state index contributed by atoms with van der Waals surface area (Å²) >= 11 is 1.88. The molecule has 1 heterocycles. The van der Waals surface area contributed by atoms with Gasteiger partial charge in [0.25, 0.3) is 5.56 Å². The van der Waals surface area contributed by atoms with Crippen LogP contribution in [0.5, 0.6) is 11.5 Å². The maximum atomic E-state index is 11.9. The van der Waals surface area contributed by atoms with E-state index in [1.807, 2.05) is 28.7 Å². The van der Waals surface area contributed by atoms with Crippen LogP contribution in [0.1, 0.15) is 11.1 Å². The molecule has 0 aliphatic carbocycles. The lowest BCUT2D eigenvalue weighted by Gasteiger charge is -2.12. The van der Waals surface area contributed by atoms with Crippen molar-refractivity contribution in [3.63, 3.8) is 0 Å². The summed E-state index contributed by atoms with van der Waals surface area (Å²) in [6.45, 7) is 0. The monoisotopic (exact) mass is 408 g/mol. The van der Waals surface area contributed by atoms with E-state index >= 15 is 0 Å². The number of rotatable bonds is 2. The van der Waals surface area contributed by atoms with Crippen molar-refractivity contribution in [2.24, 2.45) is 0 Å². The number of nitrogen functional groups attached to an aromatic ring is 1. The molecule has 1 aromatic heterocycles. The highest BCUT2D eigenvalue weighted by atomic mass is 127. The number of nitrogens with one attached hydrogen (secondary N) is 1. The summed E-state index contributed by atoms with van der Waals surface area (Å²) in [5.74, 6) is -0.0289. The van der Waals surface area contributed by atoms with Gasteiger partial charge in [-0.1, -0.05) is 0 Å². The number of hydrogen-bond donors (Lipinski definition) is 3. The van der Waals surface area contributed by atoms with E-state index in [1.54, 1.807) is 6.07 Å². The number of nitrogens with two attached hydrogens (primary N) is 1. The fourth-order valence-electron chi connectivity index (χ4n) is 2.01. The first-order valence-electron chi connectivity index (χ1n) is 5.87. The lowest BCUT2D eigenvalue weighted by Crippen LogP contribution is -2.16. The van der Waals surface area contributed by atoms with Crippen molar-refractivity contribution in [3.8, 4) is 34.8 Å². The molecular formula is C14H9IN4O3. The molecule has 0 aliphatic heterocycles. The highest BCUT2D eigenvalue weighted by Gasteiger charge is 2.20. The molecule has 8 heteroatoms. The van der Waals surface area contributed by atoms with Gasteiger partial charge in [0.2, 0.25) is 0 Å². The van der Waals surface area contributed by atoms with Gasteiger partial charge in [-0.3, -0.25) is 4.79 Å². The number of phenolic OH excluding ortho intramolecular Hbond substituents is 1. The number of nitrogens with zero attached hydrogens (tertiary/aromatic N) is 2. The van der Waals surface area contributed by atoms with Gasteiger partial charge in [0.15, 0.2) is 11.5 Å². The number of pyridine rings is 1. The number of anilines is 1. The van der Waals surface area contributed by atoms with Gasteiger partial charge >= 0.3 is 0 Å².